The van der Waals surface area contributed by atoms with Gasteiger partial charge in [-0.2, -0.15) is 0 Å². The Hall–Kier alpha value is -3.61. The van der Waals surface area contributed by atoms with E-state index in [1.165, 1.54) is 0 Å². The molecule has 0 aliphatic heterocycles. The summed E-state index contributed by atoms with van der Waals surface area (Å²) in [4.78, 5) is 13.3. The molecule has 0 saturated carbocycles. The fourth-order valence-corrected chi connectivity index (χ4v) is 4.56. The van der Waals surface area contributed by atoms with Crippen molar-refractivity contribution in [3.63, 3.8) is 0 Å². The highest BCUT2D eigenvalue weighted by Crippen LogP contribution is 2.19. The number of nitrogens with one attached hydrogen (secondary N) is 2. The maximum absolute atomic E-state index is 13.3. The lowest BCUT2D eigenvalue weighted by Gasteiger charge is -2.25. The minimum absolute atomic E-state index is 0.184. The Morgan fingerprint density at radius 2 is 1.81 bits per heavy atom. The number of aliphatic hydroxyl groups excluding tert-OH is 1. The summed E-state index contributed by atoms with van der Waals surface area (Å²) >= 11 is 0. The van der Waals surface area contributed by atoms with E-state index < -0.39 is 12.1 Å². The van der Waals surface area contributed by atoms with Crippen molar-refractivity contribution < 1.29 is 14.6 Å². The molecule has 0 radical (unpaired) electrons. The van der Waals surface area contributed by atoms with Gasteiger partial charge in [0.05, 0.1) is 19.3 Å². The SMILES string of the molecule is CCCCn1ccc2cc(C(=O)N[C@@H](Cc3ccccc3)[C@@H](O)CNCc3cccc(OC)c3)ccc21. The second kappa shape index (κ2) is 13.1. The van der Waals surface area contributed by atoms with Crippen LogP contribution < -0.4 is 15.4 Å². The molecular formula is C31H37N3O3. The van der Waals surface area contributed by atoms with Crippen LogP contribution in [-0.2, 0) is 19.5 Å². The quantitative estimate of drug-likeness (QED) is 0.244. The lowest BCUT2D eigenvalue weighted by Crippen LogP contribution is -2.48. The minimum Gasteiger partial charge on any atom is -0.497 e. The molecule has 0 bridgehead atoms. The monoisotopic (exact) mass is 499 g/mol. The molecule has 0 saturated heterocycles. The maximum Gasteiger partial charge on any atom is 0.251 e. The molecule has 1 amide bonds. The van der Waals surface area contributed by atoms with Gasteiger partial charge in [-0.3, -0.25) is 4.79 Å². The summed E-state index contributed by atoms with van der Waals surface area (Å²) in [5, 5.41) is 18.6. The Labute approximate surface area is 219 Å². The van der Waals surface area contributed by atoms with Gasteiger partial charge in [-0.1, -0.05) is 55.8 Å². The molecule has 3 aromatic carbocycles. The van der Waals surface area contributed by atoms with Crippen molar-refractivity contribution in [1.82, 2.24) is 15.2 Å². The van der Waals surface area contributed by atoms with Gasteiger partial charge in [-0.05, 0) is 60.4 Å². The first kappa shape index (κ1) is 26.5. The second-order valence-electron chi connectivity index (χ2n) is 9.46. The summed E-state index contributed by atoms with van der Waals surface area (Å²) in [7, 11) is 1.65. The Morgan fingerprint density at radius 3 is 2.59 bits per heavy atom. The molecule has 4 aromatic rings. The number of carbonyl (C=O) groups is 1. The lowest BCUT2D eigenvalue weighted by molar-refractivity contribution is 0.0830. The van der Waals surface area contributed by atoms with E-state index in [1.54, 1.807) is 7.11 Å². The lowest BCUT2D eigenvalue weighted by atomic mass is 10.00. The van der Waals surface area contributed by atoms with Gasteiger partial charge in [-0.25, -0.2) is 0 Å². The summed E-state index contributed by atoms with van der Waals surface area (Å²) in [5.41, 5.74) is 3.85. The van der Waals surface area contributed by atoms with Crippen LogP contribution >= 0.6 is 0 Å². The van der Waals surface area contributed by atoms with Gasteiger partial charge in [0.1, 0.15) is 5.75 Å². The Balaban J connectivity index is 1.44. The van der Waals surface area contributed by atoms with E-state index in [1.807, 2.05) is 72.8 Å². The number of nitrogens with zero attached hydrogens (tertiary/aromatic N) is 1. The number of carbonyl (C=O) groups excluding carboxylic acids is 1. The van der Waals surface area contributed by atoms with Crippen molar-refractivity contribution in [2.45, 2.75) is 51.4 Å². The van der Waals surface area contributed by atoms with Crippen LogP contribution in [0.4, 0.5) is 0 Å². The topological polar surface area (TPSA) is 75.5 Å². The molecule has 0 spiro atoms. The number of unbranched alkanes of at least 4 members (excludes halogenated alkanes) is 1. The zero-order chi connectivity index (χ0) is 26.0. The number of amides is 1. The standard InChI is InChI=1S/C31H37N3O3/c1-3-4-16-34-17-15-25-20-26(13-14-29(25)34)31(36)33-28(19-23-9-6-5-7-10-23)30(35)22-32-21-24-11-8-12-27(18-24)37-2/h5-15,17-18,20,28,30,32,35H,3-4,16,19,21-22H2,1-2H3,(H,33,36)/t28-,30-/m0/s1. The van der Waals surface area contributed by atoms with Gasteiger partial charge in [0.2, 0.25) is 0 Å². The van der Waals surface area contributed by atoms with Crippen molar-refractivity contribution in [3.05, 3.63) is 102 Å². The van der Waals surface area contributed by atoms with Gasteiger partial charge in [0.25, 0.3) is 5.91 Å². The smallest absolute Gasteiger partial charge is 0.251 e. The van der Waals surface area contributed by atoms with Crippen molar-refractivity contribution in [1.29, 1.82) is 0 Å². The number of benzene rings is 3. The third-order valence-electron chi connectivity index (χ3n) is 6.68. The van der Waals surface area contributed by atoms with Crippen molar-refractivity contribution in [2.75, 3.05) is 13.7 Å². The molecule has 1 aromatic heterocycles. The molecule has 4 rings (SSSR count). The molecule has 194 valence electrons. The molecule has 0 unspecified atom stereocenters. The number of fused-ring (bicyclic) bond motifs is 1. The molecule has 0 aliphatic carbocycles. The van der Waals surface area contributed by atoms with Crippen LogP contribution in [0.5, 0.6) is 5.75 Å². The average molecular weight is 500 g/mol. The zero-order valence-electron chi connectivity index (χ0n) is 21.7. The van der Waals surface area contributed by atoms with Crippen LogP contribution in [0.25, 0.3) is 10.9 Å². The third-order valence-corrected chi connectivity index (χ3v) is 6.68. The largest absolute Gasteiger partial charge is 0.497 e. The van der Waals surface area contributed by atoms with Crippen molar-refractivity contribution in [2.24, 2.45) is 0 Å². The molecule has 2 atom stereocenters. The maximum atomic E-state index is 13.3. The molecule has 3 N–H and O–H groups in total. The first-order chi connectivity index (χ1) is 18.1. The number of hydrogen-bond donors (Lipinski definition) is 3. The number of aryl methyl sites for hydroxylation is 1. The molecule has 0 fully saturated rings. The molecule has 6 heteroatoms. The summed E-state index contributed by atoms with van der Waals surface area (Å²) < 4.78 is 7.52. The van der Waals surface area contributed by atoms with E-state index >= 15 is 0 Å². The Kier molecular flexibility index (Phi) is 9.35. The van der Waals surface area contributed by atoms with Gasteiger partial charge in [0, 0.05) is 42.3 Å². The normalized spacial score (nSPS) is 12.8. The number of ether oxygens (including phenoxy) is 1. The summed E-state index contributed by atoms with van der Waals surface area (Å²) in [6, 6.07) is 25.2. The summed E-state index contributed by atoms with van der Waals surface area (Å²) in [5.74, 6) is 0.614. The van der Waals surface area contributed by atoms with Crippen LogP contribution in [0.15, 0.2) is 85.1 Å². The number of aliphatic hydroxyl groups is 1. The predicted octanol–water partition coefficient (Wildman–Crippen LogP) is 4.94. The second-order valence-corrected chi connectivity index (χ2v) is 9.46. The molecule has 0 aliphatic rings. The molecular weight excluding hydrogens is 462 g/mol. The van der Waals surface area contributed by atoms with Crippen LogP contribution in [-0.4, -0.2) is 41.4 Å². The average Bonchev–Trinajstić information content (AvgIpc) is 3.34. The van der Waals surface area contributed by atoms with Gasteiger partial charge in [0.15, 0.2) is 0 Å². The fourth-order valence-electron chi connectivity index (χ4n) is 4.56. The van der Waals surface area contributed by atoms with E-state index in [0.717, 1.165) is 47.2 Å². The highest BCUT2D eigenvalue weighted by atomic mass is 16.5. The van der Waals surface area contributed by atoms with E-state index in [-0.39, 0.29) is 5.91 Å². The molecule has 6 nitrogen and oxygen atoms in total. The van der Waals surface area contributed by atoms with E-state index in [2.05, 4.69) is 34.4 Å². The summed E-state index contributed by atoms with van der Waals surface area (Å²) in [6.45, 7) is 4.09. The number of rotatable bonds is 13. The van der Waals surface area contributed by atoms with Gasteiger partial charge >= 0.3 is 0 Å². The van der Waals surface area contributed by atoms with Crippen molar-refractivity contribution >= 4 is 16.8 Å². The minimum atomic E-state index is -0.770. The zero-order valence-corrected chi connectivity index (χ0v) is 21.7. The Morgan fingerprint density at radius 1 is 1.00 bits per heavy atom. The van der Waals surface area contributed by atoms with Crippen LogP contribution in [0.2, 0.25) is 0 Å². The third kappa shape index (κ3) is 7.21. The van der Waals surface area contributed by atoms with Gasteiger partial charge < -0.3 is 25.0 Å². The van der Waals surface area contributed by atoms with Crippen LogP contribution in [0, 0.1) is 0 Å². The number of methoxy groups -OCH3 is 1. The van der Waals surface area contributed by atoms with Crippen LogP contribution in [0.1, 0.15) is 41.3 Å². The van der Waals surface area contributed by atoms with E-state index in [9.17, 15) is 9.90 Å². The first-order valence-corrected chi connectivity index (χ1v) is 13.0. The number of aromatic nitrogens is 1. The number of hydrogen-bond acceptors (Lipinski definition) is 4. The first-order valence-electron chi connectivity index (χ1n) is 13.0. The summed E-state index contributed by atoms with van der Waals surface area (Å²) in [6.07, 6.45) is 4.10. The fraction of sp³-hybridized carbons (Fsp3) is 0.323. The molecule has 37 heavy (non-hydrogen) atoms. The van der Waals surface area contributed by atoms with E-state index in [4.69, 9.17) is 4.74 Å². The van der Waals surface area contributed by atoms with Crippen molar-refractivity contribution in [3.8, 4) is 5.75 Å². The molecule has 1 heterocycles. The van der Waals surface area contributed by atoms with E-state index in [0.29, 0.717) is 25.1 Å². The Bertz CT molecular complexity index is 1290. The highest BCUT2D eigenvalue weighted by Gasteiger charge is 2.22. The highest BCUT2D eigenvalue weighted by molar-refractivity contribution is 5.98. The van der Waals surface area contributed by atoms with Crippen LogP contribution in [0.3, 0.4) is 0 Å². The predicted molar refractivity (Wildman–Crippen MR) is 149 cm³/mol. The van der Waals surface area contributed by atoms with Gasteiger partial charge in [-0.15, -0.1) is 0 Å².